The lowest BCUT2D eigenvalue weighted by molar-refractivity contribution is -0.142. The van der Waals surface area contributed by atoms with Gasteiger partial charge in [0.2, 0.25) is 0 Å². The molecule has 0 radical (unpaired) electrons. The highest BCUT2D eigenvalue weighted by Crippen LogP contribution is 2.35. The van der Waals surface area contributed by atoms with Crippen LogP contribution in [0.3, 0.4) is 0 Å². The molecule has 1 aromatic carbocycles. The highest BCUT2D eigenvalue weighted by molar-refractivity contribution is 5.97. The molecule has 0 atom stereocenters. The van der Waals surface area contributed by atoms with Gasteiger partial charge in [-0.15, -0.1) is 0 Å². The molecule has 1 aliphatic rings. The third-order valence-corrected chi connectivity index (χ3v) is 3.30. The number of fused-ring (bicyclic) bond motifs is 1. The highest BCUT2D eigenvalue weighted by atomic mass is 16.5. The molecule has 0 bridgehead atoms. The summed E-state index contributed by atoms with van der Waals surface area (Å²) in [5.41, 5.74) is 0.325. The van der Waals surface area contributed by atoms with Crippen molar-refractivity contribution >= 4 is 17.6 Å². The van der Waals surface area contributed by atoms with Crippen molar-refractivity contribution in [3.63, 3.8) is 0 Å². The SMILES string of the molecule is CN1C(=O)COc2cc(C(C)(C)C(=O)O)ccc21. The molecule has 0 saturated carbocycles. The van der Waals surface area contributed by atoms with Crippen LogP contribution in [0.15, 0.2) is 18.2 Å². The van der Waals surface area contributed by atoms with Gasteiger partial charge >= 0.3 is 5.97 Å². The van der Waals surface area contributed by atoms with E-state index in [1.165, 1.54) is 4.90 Å². The van der Waals surface area contributed by atoms with Gasteiger partial charge < -0.3 is 14.7 Å². The Morgan fingerprint density at radius 1 is 1.44 bits per heavy atom. The van der Waals surface area contributed by atoms with E-state index in [0.29, 0.717) is 17.0 Å². The zero-order chi connectivity index (χ0) is 13.5. The lowest BCUT2D eigenvalue weighted by atomic mass is 9.84. The minimum absolute atomic E-state index is 0.0134. The second-order valence-corrected chi connectivity index (χ2v) is 4.85. The first-order valence-corrected chi connectivity index (χ1v) is 5.61. The summed E-state index contributed by atoms with van der Waals surface area (Å²) < 4.78 is 5.34. The molecule has 1 aromatic rings. The summed E-state index contributed by atoms with van der Waals surface area (Å²) in [6.07, 6.45) is 0. The van der Waals surface area contributed by atoms with Gasteiger partial charge in [-0.1, -0.05) is 6.07 Å². The maximum absolute atomic E-state index is 11.5. The van der Waals surface area contributed by atoms with E-state index in [0.717, 1.165) is 0 Å². The van der Waals surface area contributed by atoms with Crippen LogP contribution >= 0.6 is 0 Å². The number of carboxylic acid groups (broad SMARTS) is 1. The molecule has 1 aliphatic heterocycles. The highest BCUT2D eigenvalue weighted by Gasteiger charge is 2.31. The Hall–Kier alpha value is -2.04. The predicted octanol–water partition coefficient (Wildman–Crippen LogP) is 1.40. The number of amides is 1. The molecular formula is C13H15NO4. The molecule has 1 N–H and O–H groups in total. The summed E-state index contributed by atoms with van der Waals surface area (Å²) in [6, 6.07) is 5.12. The summed E-state index contributed by atoms with van der Waals surface area (Å²) >= 11 is 0. The molecule has 0 spiro atoms. The van der Waals surface area contributed by atoms with Gasteiger partial charge in [0, 0.05) is 7.05 Å². The number of benzene rings is 1. The van der Waals surface area contributed by atoms with Crippen molar-refractivity contribution in [2.45, 2.75) is 19.3 Å². The van der Waals surface area contributed by atoms with E-state index in [4.69, 9.17) is 4.74 Å². The molecule has 1 amide bonds. The number of carboxylic acids is 1. The topological polar surface area (TPSA) is 66.8 Å². The monoisotopic (exact) mass is 249 g/mol. The molecule has 0 fully saturated rings. The van der Waals surface area contributed by atoms with Crippen LogP contribution in [-0.4, -0.2) is 30.6 Å². The first-order chi connectivity index (χ1) is 8.34. The quantitative estimate of drug-likeness (QED) is 0.860. The number of aliphatic carboxylic acids is 1. The number of carbonyl (C=O) groups excluding carboxylic acids is 1. The van der Waals surface area contributed by atoms with E-state index in [2.05, 4.69) is 0 Å². The first-order valence-electron chi connectivity index (χ1n) is 5.61. The molecule has 2 rings (SSSR count). The summed E-state index contributed by atoms with van der Waals surface area (Å²) in [6.45, 7) is 3.25. The Balaban J connectivity index is 2.46. The summed E-state index contributed by atoms with van der Waals surface area (Å²) in [5.74, 6) is -0.473. The van der Waals surface area contributed by atoms with Crippen molar-refractivity contribution in [1.82, 2.24) is 0 Å². The van der Waals surface area contributed by atoms with Crippen molar-refractivity contribution in [3.05, 3.63) is 23.8 Å². The average molecular weight is 249 g/mol. The molecule has 18 heavy (non-hydrogen) atoms. The van der Waals surface area contributed by atoms with Gasteiger partial charge in [-0.2, -0.15) is 0 Å². The zero-order valence-corrected chi connectivity index (χ0v) is 10.6. The van der Waals surface area contributed by atoms with Crippen molar-refractivity contribution in [1.29, 1.82) is 0 Å². The van der Waals surface area contributed by atoms with Crippen LogP contribution in [0.1, 0.15) is 19.4 Å². The maximum Gasteiger partial charge on any atom is 0.313 e. The molecule has 0 aliphatic carbocycles. The minimum atomic E-state index is -0.988. The maximum atomic E-state index is 11.5. The first kappa shape index (κ1) is 12.4. The Morgan fingerprint density at radius 3 is 2.72 bits per heavy atom. The van der Waals surface area contributed by atoms with E-state index >= 15 is 0 Å². The summed E-state index contributed by atoms with van der Waals surface area (Å²) in [5, 5.41) is 9.19. The lowest BCUT2D eigenvalue weighted by Gasteiger charge is -2.28. The summed E-state index contributed by atoms with van der Waals surface area (Å²) in [4.78, 5) is 24.2. The van der Waals surface area contributed by atoms with Gasteiger partial charge in [0.05, 0.1) is 11.1 Å². The van der Waals surface area contributed by atoms with E-state index in [1.54, 1.807) is 39.1 Å². The molecule has 0 saturated heterocycles. The van der Waals surface area contributed by atoms with E-state index in [-0.39, 0.29) is 12.5 Å². The number of likely N-dealkylation sites (N-methyl/N-ethyl adjacent to an activating group) is 1. The van der Waals surface area contributed by atoms with E-state index in [1.807, 2.05) is 0 Å². The second-order valence-electron chi connectivity index (χ2n) is 4.85. The zero-order valence-electron chi connectivity index (χ0n) is 10.6. The van der Waals surface area contributed by atoms with Crippen LogP contribution in [0.4, 0.5) is 5.69 Å². The molecule has 0 unspecified atom stereocenters. The van der Waals surface area contributed by atoms with E-state index < -0.39 is 11.4 Å². The largest absolute Gasteiger partial charge is 0.482 e. The third kappa shape index (κ3) is 1.81. The summed E-state index contributed by atoms with van der Waals surface area (Å²) in [7, 11) is 1.67. The molecule has 96 valence electrons. The van der Waals surface area contributed by atoms with Crippen LogP contribution in [0.5, 0.6) is 5.75 Å². The normalized spacial score (nSPS) is 15.1. The number of nitrogens with zero attached hydrogens (tertiary/aromatic N) is 1. The second kappa shape index (κ2) is 4.01. The van der Waals surface area contributed by atoms with Crippen molar-refractivity contribution < 1.29 is 19.4 Å². The number of carbonyl (C=O) groups is 2. The Kier molecular flexibility index (Phi) is 2.77. The standard InChI is InChI=1S/C13H15NO4/c1-13(2,12(16)17)8-4-5-9-10(6-8)18-7-11(15)14(9)3/h4-6H,7H2,1-3H3,(H,16,17). The minimum Gasteiger partial charge on any atom is -0.482 e. The van der Waals surface area contributed by atoms with Gasteiger partial charge in [-0.3, -0.25) is 9.59 Å². The molecule has 5 nitrogen and oxygen atoms in total. The number of anilines is 1. The Bertz CT molecular complexity index is 522. The van der Waals surface area contributed by atoms with Crippen LogP contribution in [0.25, 0.3) is 0 Å². The van der Waals surface area contributed by atoms with Crippen LogP contribution in [0.2, 0.25) is 0 Å². The fourth-order valence-electron chi connectivity index (χ4n) is 1.79. The van der Waals surface area contributed by atoms with Gasteiger partial charge in [-0.05, 0) is 31.5 Å². The number of rotatable bonds is 2. The molecule has 5 heteroatoms. The lowest BCUT2D eigenvalue weighted by Crippen LogP contribution is -2.36. The smallest absolute Gasteiger partial charge is 0.313 e. The van der Waals surface area contributed by atoms with Gasteiger partial charge in [-0.25, -0.2) is 0 Å². The van der Waals surface area contributed by atoms with E-state index in [9.17, 15) is 14.7 Å². The number of ether oxygens (including phenoxy) is 1. The number of hydrogen-bond acceptors (Lipinski definition) is 3. The van der Waals surface area contributed by atoms with Gasteiger partial charge in [0.25, 0.3) is 5.91 Å². The van der Waals surface area contributed by atoms with Crippen molar-refractivity contribution in [2.24, 2.45) is 0 Å². The van der Waals surface area contributed by atoms with Crippen molar-refractivity contribution in [2.75, 3.05) is 18.6 Å². The average Bonchev–Trinajstić information content (AvgIpc) is 2.33. The van der Waals surface area contributed by atoms with Gasteiger partial charge in [0.15, 0.2) is 6.61 Å². The molecule has 0 aromatic heterocycles. The fraction of sp³-hybridized carbons (Fsp3) is 0.385. The van der Waals surface area contributed by atoms with Crippen LogP contribution < -0.4 is 9.64 Å². The predicted molar refractivity (Wildman–Crippen MR) is 66.0 cm³/mol. The van der Waals surface area contributed by atoms with Crippen LogP contribution in [-0.2, 0) is 15.0 Å². The van der Waals surface area contributed by atoms with Crippen molar-refractivity contribution in [3.8, 4) is 5.75 Å². The third-order valence-electron chi connectivity index (χ3n) is 3.30. The number of hydrogen-bond donors (Lipinski definition) is 1. The molecule has 1 heterocycles. The van der Waals surface area contributed by atoms with Gasteiger partial charge in [0.1, 0.15) is 5.75 Å². The van der Waals surface area contributed by atoms with Crippen LogP contribution in [0, 0.1) is 0 Å². The Morgan fingerprint density at radius 2 is 2.11 bits per heavy atom. The molecular weight excluding hydrogens is 234 g/mol. The fourth-order valence-corrected chi connectivity index (χ4v) is 1.79. The Labute approximate surface area is 105 Å².